The first-order valence-corrected chi connectivity index (χ1v) is 8.55. The molecule has 0 aliphatic heterocycles. The van der Waals surface area contributed by atoms with E-state index >= 15 is 0 Å². The molecule has 0 atom stereocenters. The average Bonchev–Trinajstić information content (AvgIpc) is 3.13. The summed E-state index contributed by atoms with van der Waals surface area (Å²) < 4.78 is 16.3. The van der Waals surface area contributed by atoms with Crippen molar-refractivity contribution in [3.8, 4) is 17.2 Å². The molecule has 0 amide bonds. The molecule has 0 aliphatic carbocycles. The molecule has 134 valence electrons. The highest BCUT2D eigenvalue weighted by molar-refractivity contribution is 5.69. The Bertz CT molecular complexity index is 842. The van der Waals surface area contributed by atoms with Crippen molar-refractivity contribution in [3.63, 3.8) is 0 Å². The van der Waals surface area contributed by atoms with Crippen molar-refractivity contribution < 1.29 is 18.7 Å². The number of esters is 1. The summed E-state index contributed by atoms with van der Waals surface area (Å²) >= 11 is 0. The van der Waals surface area contributed by atoms with Gasteiger partial charge in [0.15, 0.2) is 0 Å². The highest BCUT2D eigenvalue weighted by atomic mass is 16.5. The minimum Gasteiger partial charge on any atom is -0.494 e. The van der Waals surface area contributed by atoms with Crippen molar-refractivity contribution in [3.05, 3.63) is 72.1 Å². The first kappa shape index (κ1) is 17.7. The summed E-state index contributed by atoms with van der Waals surface area (Å²) in [7, 11) is 0. The third-order valence-electron chi connectivity index (χ3n) is 3.74. The number of aryl methyl sites for hydroxylation is 1. The molecule has 0 spiro atoms. The quantitative estimate of drug-likeness (QED) is 0.440. The zero-order valence-corrected chi connectivity index (χ0v) is 14.7. The molecule has 0 radical (unpaired) electrons. The summed E-state index contributed by atoms with van der Waals surface area (Å²) in [6.45, 7) is 2.59. The minimum atomic E-state index is -0.276. The maximum absolute atomic E-state index is 11.8. The maximum Gasteiger partial charge on any atom is 0.306 e. The van der Waals surface area contributed by atoms with Crippen LogP contribution in [-0.4, -0.2) is 17.6 Å². The Balaban J connectivity index is 1.37. The van der Waals surface area contributed by atoms with Gasteiger partial charge in [-0.05, 0) is 43.2 Å². The molecule has 3 rings (SSSR count). The lowest BCUT2D eigenvalue weighted by Gasteiger charge is -2.06. The number of ether oxygens (including phenoxy) is 2. The van der Waals surface area contributed by atoms with Gasteiger partial charge in [-0.25, -0.2) is 4.98 Å². The molecule has 0 saturated carbocycles. The lowest BCUT2D eigenvalue weighted by atomic mass is 10.2. The Morgan fingerprint density at radius 3 is 2.77 bits per heavy atom. The number of hydrogen-bond acceptors (Lipinski definition) is 5. The van der Waals surface area contributed by atoms with Gasteiger partial charge < -0.3 is 13.9 Å². The van der Waals surface area contributed by atoms with Crippen molar-refractivity contribution >= 4 is 5.97 Å². The van der Waals surface area contributed by atoms with Crippen molar-refractivity contribution in [2.75, 3.05) is 6.61 Å². The molecule has 0 N–H and O–H groups in total. The van der Waals surface area contributed by atoms with Crippen LogP contribution in [0.4, 0.5) is 0 Å². The molecule has 5 heteroatoms. The second kappa shape index (κ2) is 8.85. The van der Waals surface area contributed by atoms with E-state index in [0.29, 0.717) is 31.0 Å². The summed E-state index contributed by atoms with van der Waals surface area (Å²) in [6.07, 6.45) is 2.41. The van der Waals surface area contributed by atoms with Crippen LogP contribution in [0.1, 0.15) is 24.1 Å². The predicted octanol–water partition coefficient (Wildman–Crippen LogP) is 4.55. The summed E-state index contributed by atoms with van der Waals surface area (Å²) in [5, 5.41) is 0. The Morgan fingerprint density at radius 2 is 1.96 bits per heavy atom. The van der Waals surface area contributed by atoms with Crippen LogP contribution >= 0.6 is 0 Å². The molecule has 1 aromatic heterocycles. The zero-order chi connectivity index (χ0) is 18.2. The minimum absolute atomic E-state index is 0.105. The Morgan fingerprint density at radius 1 is 1.12 bits per heavy atom. The predicted molar refractivity (Wildman–Crippen MR) is 97.6 cm³/mol. The topological polar surface area (TPSA) is 61.6 Å². The molecule has 26 heavy (non-hydrogen) atoms. The summed E-state index contributed by atoms with van der Waals surface area (Å²) in [5.74, 6) is 1.06. The van der Waals surface area contributed by atoms with E-state index in [0.717, 1.165) is 16.9 Å². The second-order valence-electron chi connectivity index (χ2n) is 5.94. The van der Waals surface area contributed by atoms with Crippen molar-refractivity contribution in [1.29, 1.82) is 0 Å². The average molecular weight is 351 g/mol. The van der Waals surface area contributed by atoms with E-state index in [9.17, 15) is 4.79 Å². The molecule has 0 bridgehead atoms. The molecule has 5 nitrogen and oxygen atoms in total. The van der Waals surface area contributed by atoms with Gasteiger partial charge in [-0.1, -0.05) is 30.3 Å². The van der Waals surface area contributed by atoms with Crippen LogP contribution in [0.3, 0.4) is 0 Å². The fourth-order valence-electron chi connectivity index (χ4n) is 2.42. The summed E-state index contributed by atoms with van der Waals surface area (Å²) in [4.78, 5) is 16.2. The van der Waals surface area contributed by atoms with E-state index in [4.69, 9.17) is 13.9 Å². The van der Waals surface area contributed by atoms with Crippen LogP contribution in [0.5, 0.6) is 5.75 Å². The molecule has 0 fully saturated rings. The van der Waals surface area contributed by atoms with E-state index in [-0.39, 0.29) is 12.6 Å². The highest BCUT2D eigenvalue weighted by Crippen LogP contribution is 2.18. The molecule has 0 saturated heterocycles. The van der Waals surface area contributed by atoms with Crippen molar-refractivity contribution in [2.24, 2.45) is 0 Å². The number of carbonyl (C=O) groups excluding carboxylic acids is 1. The van der Waals surface area contributed by atoms with Gasteiger partial charge in [0.25, 0.3) is 0 Å². The van der Waals surface area contributed by atoms with Crippen LogP contribution in [0.25, 0.3) is 11.5 Å². The number of nitrogens with zero attached hydrogens (tertiary/aromatic N) is 1. The fraction of sp³-hybridized carbons (Fsp3) is 0.238. The van der Waals surface area contributed by atoms with E-state index < -0.39 is 0 Å². The lowest BCUT2D eigenvalue weighted by Crippen LogP contribution is -2.07. The smallest absolute Gasteiger partial charge is 0.306 e. The highest BCUT2D eigenvalue weighted by Gasteiger charge is 2.09. The second-order valence-corrected chi connectivity index (χ2v) is 5.94. The Hall–Kier alpha value is -3.08. The molecule has 2 aromatic carbocycles. The van der Waals surface area contributed by atoms with Gasteiger partial charge in [-0.3, -0.25) is 4.79 Å². The van der Waals surface area contributed by atoms with Gasteiger partial charge in [0.05, 0.1) is 6.61 Å². The van der Waals surface area contributed by atoms with Crippen molar-refractivity contribution in [2.45, 2.75) is 26.4 Å². The number of benzene rings is 2. The normalized spacial score (nSPS) is 10.5. The van der Waals surface area contributed by atoms with E-state index in [1.165, 1.54) is 6.26 Å². The van der Waals surface area contributed by atoms with Gasteiger partial charge in [0.2, 0.25) is 5.89 Å². The van der Waals surface area contributed by atoms with Gasteiger partial charge in [-0.15, -0.1) is 0 Å². The molecular weight excluding hydrogens is 330 g/mol. The number of rotatable bonds is 8. The van der Waals surface area contributed by atoms with Gasteiger partial charge >= 0.3 is 5.97 Å². The van der Waals surface area contributed by atoms with Crippen LogP contribution in [0.2, 0.25) is 0 Å². The first-order valence-electron chi connectivity index (χ1n) is 8.55. The van der Waals surface area contributed by atoms with E-state index in [2.05, 4.69) is 4.98 Å². The largest absolute Gasteiger partial charge is 0.494 e. The van der Waals surface area contributed by atoms with E-state index in [1.54, 1.807) is 0 Å². The third kappa shape index (κ3) is 5.21. The van der Waals surface area contributed by atoms with Gasteiger partial charge in [-0.2, -0.15) is 0 Å². The lowest BCUT2D eigenvalue weighted by molar-refractivity contribution is -0.145. The van der Waals surface area contributed by atoms with Crippen molar-refractivity contribution in [1.82, 2.24) is 4.98 Å². The maximum atomic E-state index is 11.8. The van der Waals surface area contributed by atoms with Crippen LogP contribution in [-0.2, 0) is 16.1 Å². The molecule has 0 aliphatic rings. The summed E-state index contributed by atoms with van der Waals surface area (Å²) in [6, 6.07) is 17.4. The van der Waals surface area contributed by atoms with Gasteiger partial charge in [0.1, 0.15) is 24.3 Å². The molecule has 3 aromatic rings. The number of aromatic nitrogens is 1. The number of carbonyl (C=O) groups is 1. The number of oxazole rings is 1. The van der Waals surface area contributed by atoms with Crippen LogP contribution in [0.15, 0.2) is 65.3 Å². The van der Waals surface area contributed by atoms with Crippen LogP contribution < -0.4 is 4.74 Å². The molecular formula is C21H21NO4. The molecule has 0 unspecified atom stereocenters. The zero-order valence-electron chi connectivity index (χ0n) is 14.7. The Kier molecular flexibility index (Phi) is 6.04. The summed E-state index contributed by atoms with van der Waals surface area (Å²) in [5.41, 5.74) is 2.62. The van der Waals surface area contributed by atoms with Gasteiger partial charge in [0, 0.05) is 12.0 Å². The third-order valence-corrected chi connectivity index (χ3v) is 3.74. The fourth-order valence-corrected chi connectivity index (χ4v) is 2.42. The first-order chi connectivity index (χ1) is 12.7. The standard InChI is InChI=1S/C21H21NO4/c1-16-7-5-10-19(13-16)24-12-6-11-20(23)25-14-18-15-26-21(22-18)17-8-3-2-4-9-17/h2-5,7-10,13,15H,6,11-12,14H2,1H3. The number of hydrogen-bond donors (Lipinski definition) is 0. The Labute approximate surface area is 152 Å². The van der Waals surface area contributed by atoms with E-state index in [1.807, 2.05) is 61.5 Å². The molecule has 1 heterocycles. The van der Waals surface area contributed by atoms with Crippen LogP contribution in [0, 0.1) is 6.92 Å². The SMILES string of the molecule is Cc1cccc(OCCCC(=O)OCc2coc(-c3ccccc3)n2)c1. The monoisotopic (exact) mass is 351 g/mol.